The van der Waals surface area contributed by atoms with Gasteiger partial charge in [0.25, 0.3) is 5.69 Å². The number of alkyl carbamates (subject to hydrolysis) is 1. The van der Waals surface area contributed by atoms with Crippen LogP contribution in [0, 0.1) is 10.1 Å². The molecule has 2 aromatic carbocycles. The molecule has 11 heteroatoms. The Morgan fingerprint density at radius 2 is 1.71 bits per heavy atom. The van der Waals surface area contributed by atoms with Gasteiger partial charge in [0.05, 0.1) is 12.0 Å². The van der Waals surface area contributed by atoms with Crippen LogP contribution in [0.5, 0.6) is 0 Å². The van der Waals surface area contributed by atoms with Crippen molar-refractivity contribution in [3.05, 3.63) is 70.3 Å². The van der Waals surface area contributed by atoms with Gasteiger partial charge in [-0.25, -0.2) is 14.4 Å². The summed E-state index contributed by atoms with van der Waals surface area (Å²) in [5, 5.41) is 13.4. The van der Waals surface area contributed by atoms with E-state index in [0.717, 1.165) is 17.6 Å². The molecule has 0 saturated carbocycles. The molecule has 2 aromatic rings. The molecule has 164 valence electrons. The number of carbonyl (C=O) groups excluding carboxylic acids is 3. The first-order valence-electron chi connectivity index (χ1n) is 9.02. The minimum absolute atomic E-state index is 0.00217. The van der Waals surface area contributed by atoms with E-state index in [1.54, 1.807) is 24.3 Å². The van der Waals surface area contributed by atoms with E-state index in [9.17, 15) is 24.5 Å². The summed E-state index contributed by atoms with van der Waals surface area (Å²) < 4.78 is 14.7. The number of nitro groups is 1. The van der Waals surface area contributed by atoms with E-state index in [4.69, 9.17) is 9.47 Å². The normalized spacial score (nSPS) is 11.0. The molecule has 2 rings (SSSR count). The van der Waals surface area contributed by atoms with Crippen molar-refractivity contribution >= 4 is 29.5 Å². The predicted octanol–water partition coefficient (Wildman–Crippen LogP) is 2.64. The zero-order valence-corrected chi connectivity index (χ0v) is 16.8. The van der Waals surface area contributed by atoms with Crippen LogP contribution in [0.15, 0.2) is 54.6 Å². The number of hydrogen-bond donors (Lipinski definition) is 1. The predicted molar refractivity (Wildman–Crippen MR) is 108 cm³/mol. The topological polar surface area (TPSA) is 137 Å². The second-order valence-electron chi connectivity index (χ2n) is 6.16. The molecule has 1 N–H and O–H groups in total. The minimum atomic E-state index is -1.34. The molecule has 0 heterocycles. The van der Waals surface area contributed by atoms with E-state index in [2.05, 4.69) is 10.1 Å². The van der Waals surface area contributed by atoms with E-state index in [0.29, 0.717) is 0 Å². The number of para-hydroxylation sites is 2. The van der Waals surface area contributed by atoms with Crippen LogP contribution in [-0.2, 0) is 25.6 Å². The smallest absolute Gasteiger partial charge is 0.414 e. The highest BCUT2D eigenvalue weighted by molar-refractivity contribution is 5.90. The number of amides is 2. The van der Waals surface area contributed by atoms with Crippen LogP contribution in [0.1, 0.15) is 5.56 Å². The number of hydrogen-bond acceptors (Lipinski definition) is 8. The van der Waals surface area contributed by atoms with Gasteiger partial charge in [-0.05, 0) is 11.6 Å². The quantitative estimate of drug-likeness (QED) is 0.291. The van der Waals surface area contributed by atoms with Crippen LogP contribution in [0.3, 0.4) is 0 Å². The second-order valence-corrected chi connectivity index (χ2v) is 6.16. The van der Waals surface area contributed by atoms with Crippen molar-refractivity contribution < 1.29 is 33.5 Å². The number of esters is 1. The molecule has 0 saturated heterocycles. The Hall–Kier alpha value is -4.15. The molecule has 0 aromatic heterocycles. The highest BCUT2D eigenvalue weighted by Crippen LogP contribution is 2.26. The molecule has 1 atom stereocenters. The maximum absolute atomic E-state index is 12.3. The van der Waals surface area contributed by atoms with Crippen molar-refractivity contribution in [1.82, 2.24) is 5.32 Å². The first-order valence-corrected chi connectivity index (χ1v) is 9.02. The van der Waals surface area contributed by atoms with E-state index in [1.807, 2.05) is 6.07 Å². The van der Waals surface area contributed by atoms with Crippen molar-refractivity contribution in [3.63, 3.8) is 0 Å². The molecule has 0 aliphatic carbocycles. The summed E-state index contributed by atoms with van der Waals surface area (Å²) in [4.78, 5) is 47.7. The van der Waals surface area contributed by atoms with Crippen molar-refractivity contribution in [3.8, 4) is 0 Å². The van der Waals surface area contributed by atoms with Crippen LogP contribution >= 0.6 is 0 Å². The monoisotopic (exact) mass is 431 g/mol. The number of ether oxygens (including phenoxy) is 3. The zero-order chi connectivity index (χ0) is 22.8. The molecule has 2 amide bonds. The first-order chi connectivity index (χ1) is 14.8. The van der Waals surface area contributed by atoms with E-state index >= 15 is 0 Å². The Balaban J connectivity index is 1.96. The summed E-state index contributed by atoms with van der Waals surface area (Å²) in [5.41, 5.74) is 0.446. The minimum Gasteiger partial charge on any atom is -0.467 e. The van der Waals surface area contributed by atoms with Crippen molar-refractivity contribution in [1.29, 1.82) is 0 Å². The zero-order valence-electron chi connectivity index (χ0n) is 16.8. The van der Waals surface area contributed by atoms with Gasteiger partial charge in [0.2, 0.25) is 0 Å². The molecule has 0 aliphatic heterocycles. The fourth-order valence-corrected chi connectivity index (χ4v) is 2.47. The van der Waals surface area contributed by atoms with Gasteiger partial charge in [-0.3, -0.25) is 15.0 Å². The number of nitro benzene ring substituents is 1. The largest absolute Gasteiger partial charge is 0.467 e. The summed E-state index contributed by atoms with van der Waals surface area (Å²) in [7, 11) is 2.38. The average molecular weight is 431 g/mol. The lowest BCUT2D eigenvalue weighted by Crippen LogP contribution is -2.46. The Bertz CT molecular complexity index is 935. The van der Waals surface area contributed by atoms with Crippen molar-refractivity contribution in [2.75, 3.05) is 25.7 Å². The van der Waals surface area contributed by atoms with Crippen molar-refractivity contribution in [2.24, 2.45) is 0 Å². The number of carbonyl (C=O) groups is 3. The van der Waals surface area contributed by atoms with Gasteiger partial charge in [-0.2, -0.15) is 0 Å². The summed E-state index contributed by atoms with van der Waals surface area (Å²) in [5.74, 6) is -0.863. The molecule has 11 nitrogen and oxygen atoms in total. The maximum atomic E-state index is 12.3. The molecule has 0 unspecified atom stereocenters. The standard InChI is InChI=1S/C20H21N3O8/c1-22(16-10-6-7-11-17(16)23(27)28)20(26)31-13-15(18(24)29-2)21-19(25)30-12-14-8-4-3-5-9-14/h3-11,15H,12-13H2,1-2H3,(H,21,25)/t15-/m0/s1. The van der Waals surface area contributed by atoms with Crippen LogP contribution in [0.4, 0.5) is 21.0 Å². The summed E-state index contributed by atoms with van der Waals surface area (Å²) >= 11 is 0. The Labute approximate surface area is 177 Å². The molecule has 0 aliphatic rings. The molecule has 31 heavy (non-hydrogen) atoms. The maximum Gasteiger partial charge on any atom is 0.414 e. The fraction of sp³-hybridized carbons (Fsp3) is 0.250. The molecule has 0 spiro atoms. The fourth-order valence-electron chi connectivity index (χ4n) is 2.47. The summed E-state index contributed by atoms with van der Waals surface area (Å²) in [6.07, 6.45) is -1.88. The van der Waals surface area contributed by atoms with E-state index < -0.39 is 35.7 Å². The molecule has 0 bridgehead atoms. The van der Waals surface area contributed by atoms with Gasteiger partial charge in [0, 0.05) is 13.1 Å². The highest BCUT2D eigenvalue weighted by atomic mass is 16.6. The number of methoxy groups -OCH3 is 1. The van der Waals surface area contributed by atoms with Crippen LogP contribution in [0.25, 0.3) is 0 Å². The third-order valence-corrected chi connectivity index (χ3v) is 4.08. The third-order valence-electron chi connectivity index (χ3n) is 4.08. The number of anilines is 1. The van der Waals surface area contributed by atoms with E-state index in [-0.39, 0.29) is 18.0 Å². The van der Waals surface area contributed by atoms with Crippen LogP contribution < -0.4 is 10.2 Å². The van der Waals surface area contributed by atoms with Gasteiger partial charge in [-0.1, -0.05) is 42.5 Å². The van der Waals surface area contributed by atoms with Gasteiger partial charge in [0.1, 0.15) is 18.9 Å². The van der Waals surface area contributed by atoms with E-state index in [1.165, 1.54) is 31.3 Å². The molecular weight excluding hydrogens is 410 g/mol. The number of rotatable bonds is 8. The number of nitrogens with zero attached hydrogens (tertiary/aromatic N) is 2. The second kappa shape index (κ2) is 11.1. The SMILES string of the molecule is COC(=O)[C@H](COC(=O)N(C)c1ccccc1[N+](=O)[O-])NC(=O)OCc1ccccc1. The third kappa shape index (κ3) is 6.70. The van der Waals surface area contributed by atoms with Gasteiger partial charge in [-0.15, -0.1) is 0 Å². The van der Waals surface area contributed by atoms with Crippen LogP contribution in [-0.4, -0.2) is 49.9 Å². The van der Waals surface area contributed by atoms with Crippen molar-refractivity contribution in [2.45, 2.75) is 12.6 Å². The Kier molecular flexibility index (Phi) is 8.31. The lowest BCUT2D eigenvalue weighted by atomic mass is 10.2. The molecule has 0 fully saturated rings. The van der Waals surface area contributed by atoms with Gasteiger partial charge in [0.15, 0.2) is 6.04 Å². The van der Waals surface area contributed by atoms with Gasteiger partial charge >= 0.3 is 18.2 Å². The first kappa shape index (κ1) is 23.1. The highest BCUT2D eigenvalue weighted by Gasteiger charge is 2.27. The lowest BCUT2D eigenvalue weighted by Gasteiger charge is -2.20. The average Bonchev–Trinajstić information content (AvgIpc) is 2.79. The number of benzene rings is 2. The lowest BCUT2D eigenvalue weighted by molar-refractivity contribution is -0.384. The molecular formula is C20H21N3O8. The van der Waals surface area contributed by atoms with Gasteiger partial charge < -0.3 is 19.5 Å². The van der Waals surface area contributed by atoms with Crippen LogP contribution in [0.2, 0.25) is 0 Å². The Morgan fingerprint density at radius 1 is 1.06 bits per heavy atom. The Morgan fingerprint density at radius 3 is 2.35 bits per heavy atom. The molecule has 0 radical (unpaired) electrons. The summed E-state index contributed by atoms with van der Waals surface area (Å²) in [6, 6.07) is 13.1. The summed E-state index contributed by atoms with van der Waals surface area (Å²) in [6.45, 7) is -0.600. The number of nitrogens with one attached hydrogen (secondary N) is 1.